The van der Waals surface area contributed by atoms with Crippen LogP contribution in [0, 0.1) is 0 Å². The van der Waals surface area contributed by atoms with Crippen LogP contribution in [0.3, 0.4) is 0 Å². The summed E-state index contributed by atoms with van der Waals surface area (Å²) in [4.78, 5) is 10.8. The van der Waals surface area contributed by atoms with Crippen molar-refractivity contribution in [3.63, 3.8) is 0 Å². The molecule has 0 atom stereocenters. The zero-order valence-electron chi connectivity index (χ0n) is 10.6. The molecule has 0 saturated heterocycles. The molecule has 0 spiro atoms. The van der Waals surface area contributed by atoms with Gasteiger partial charge in [0.2, 0.25) is 0 Å². The van der Waals surface area contributed by atoms with Crippen LogP contribution >= 0.6 is 0 Å². The maximum absolute atomic E-state index is 10.8. The van der Waals surface area contributed by atoms with Crippen molar-refractivity contribution >= 4 is 17.3 Å². The molecule has 0 amide bonds. The van der Waals surface area contributed by atoms with Gasteiger partial charge in [0.25, 0.3) is 0 Å². The number of aromatic carboxylic acids is 1. The number of nitrogens with two attached hydrogens (primary N) is 1. The maximum Gasteiger partial charge on any atom is 0.335 e. The molecule has 1 aromatic carbocycles. The van der Waals surface area contributed by atoms with Gasteiger partial charge < -0.3 is 16.2 Å². The minimum absolute atomic E-state index is 0.0150. The predicted octanol–water partition coefficient (Wildman–Crippen LogP) is 2.96. The molecule has 0 aromatic heterocycles. The van der Waals surface area contributed by atoms with Crippen molar-refractivity contribution in [2.75, 3.05) is 11.1 Å². The summed E-state index contributed by atoms with van der Waals surface area (Å²) < 4.78 is 0. The topological polar surface area (TPSA) is 75.3 Å². The highest BCUT2D eigenvalue weighted by Crippen LogP contribution is 2.26. The molecule has 1 rings (SSSR count). The molecule has 0 unspecified atom stereocenters. The van der Waals surface area contributed by atoms with E-state index in [1.165, 1.54) is 6.07 Å². The fourth-order valence-corrected chi connectivity index (χ4v) is 1.56. The van der Waals surface area contributed by atoms with Crippen molar-refractivity contribution < 1.29 is 9.90 Å². The molecule has 1 aromatic rings. The number of carboxylic acid groups (broad SMARTS) is 1. The number of benzene rings is 1. The van der Waals surface area contributed by atoms with E-state index < -0.39 is 5.97 Å². The maximum atomic E-state index is 10.8. The first-order chi connectivity index (χ1) is 7.91. The third-order valence-electron chi connectivity index (χ3n) is 3.30. The van der Waals surface area contributed by atoms with Gasteiger partial charge >= 0.3 is 5.97 Å². The molecule has 4 nitrogen and oxygen atoms in total. The highest BCUT2D eigenvalue weighted by molar-refractivity contribution is 5.90. The van der Waals surface area contributed by atoms with Gasteiger partial charge in [0.1, 0.15) is 0 Å². The monoisotopic (exact) mass is 236 g/mol. The lowest BCUT2D eigenvalue weighted by Gasteiger charge is -2.30. The number of rotatable bonds is 5. The Morgan fingerprint density at radius 1 is 1.41 bits per heavy atom. The Morgan fingerprint density at radius 2 is 2.00 bits per heavy atom. The molecule has 0 radical (unpaired) electrons. The number of nitrogens with one attached hydrogen (secondary N) is 1. The average Bonchev–Trinajstić information content (AvgIpc) is 2.31. The lowest BCUT2D eigenvalue weighted by molar-refractivity contribution is 0.0697. The predicted molar refractivity (Wildman–Crippen MR) is 70.4 cm³/mol. The molecule has 4 heteroatoms. The molecular weight excluding hydrogens is 216 g/mol. The van der Waals surface area contributed by atoms with Gasteiger partial charge in [-0.05, 0) is 38.0 Å². The largest absolute Gasteiger partial charge is 0.478 e. The van der Waals surface area contributed by atoms with Gasteiger partial charge in [-0.15, -0.1) is 0 Å². The fourth-order valence-electron chi connectivity index (χ4n) is 1.56. The summed E-state index contributed by atoms with van der Waals surface area (Å²) in [6.45, 7) is 6.34. The first-order valence-electron chi connectivity index (χ1n) is 5.83. The van der Waals surface area contributed by atoms with Gasteiger partial charge in [0.05, 0.1) is 16.9 Å². The highest BCUT2D eigenvalue weighted by Gasteiger charge is 2.20. The summed E-state index contributed by atoms with van der Waals surface area (Å²) >= 11 is 0. The van der Waals surface area contributed by atoms with E-state index >= 15 is 0 Å². The second-order valence-corrected chi connectivity index (χ2v) is 4.50. The van der Waals surface area contributed by atoms with Crippen LogP contribution in [-0.4, -0.2) is 16.6 Å². The molecule has 17 heavy (non-hydrogen) atoms. The number of nitrogen functional groups attached to an aromatic ring is 1. The van der Waals surface area contributed by atoms with Crippen LogP contribution in [0.1, 0.15) is 44.0 Å². The lowest BCUT2D eigenvalue weighted by Crippen LogP contribution is -2.33. The van der Waals surface area contributed by atoms with E-state index in [-0.39, 0.29) is 11.1 Å². The van der Waals surface area contributed by atoms with E-state index in [4.69, 9.17) is 10.8 Å². The summed E-state index contributed by atoms with van der Waals surface area (Å²) in [6, 6.07) is 4.77. The zero-order valence-corrected chi connectivity index (χ0v) is 10.6. The SMILES string of the molecule is CCC(C)(CC)Nc1ccc(C(=O)O)cc1N. The molecule has 0 heterocycles. The van der Waals surface area contributed by atoms with E-state index in [9.17, 15) is 4.79 Å². The molecule has 4 N–H and O–H groups in total. The van der Waals surface area contributed by atoms with Crippen molar-refractivity contribution in [1.82, 2.24) is 0 Å². The van der Waals surface area contributed by atoms with Crippen molar-refractivity contribution in [2.24, 2.45) is 0 Å². The van der Waals surface area contributed by atoms with Gasteiger partial charge in [-0.2, -0.15) is 0 Å². The van der Waals surface area contributed by atoms with Gasteiger partial charge in [0, 0.05) is 5.54 Å². The van der Waals surface area contributed by atoms with Crippen molar-refractivity contribution in [2.45, 2.75) is 39.2 Å². The fraction of sp³-hybridized carbons (Fsp3) is 0.462. The summed E-state index contributed by atoms with van der Waals surface area (Å²) in [5, 5.41) is 12.2. The Labute approximate surface area is 102 Å². The minimum atomic E-state index is -0.961. The Kier molecular flexibility index (Phi) is 3.99. The lowest BCUT2D eigenvalue weighted by atomic mass is 9.95. The van der Waals surface area contributed by atoms with E-state index in [0.29, 0.717) is 5.69 Å². The molecule has 0 fully saturated rings. The van der Waals surface area contributed by atoms with Crippen molar-refractivity contribution in [3.8, 4) is 0 Å². The summed E-state index contributed by atoms with van der Waals surface area (Å²) in [7, 11) is 0. The second-order valence-electron chi connectivity index (χ2n) is 4.50. The van der Waals surface area contributed by atoms with Gasteiger partial charge in [-0.25, -0.2) is 4.79 Å². The average molecular weight is 236 g/mol. The summed E-state index contributed by atoms with van der Waals surface area (Å²) in [5.74, 6) is -0.961. The van der Waals surface area contributed by atoms with Crippen LogP contribution in [0.15, 0.2) is 18.2 Å². The van der Waals surface area contributed by atoms with Crippen LogP contribution in [0.5, 0.6) is 0 Å². The Morgan fingerprint density at radius 3 is 2.41 bits per heavy atom. The van der Waals surface area contributed by atoms with Crippen LogP contribution in [0.2, 0.25) is 0 Å². The van der Waals surface area contributed by atoms with E-state index in [2.05, 4.69) is 26.1 Å². The van der Waals surface area contributed by atoms with Crippen LogP contribution < -0.4 is 11.1 Å². The quantitative estimate of drug-likeness (QED) is 0.687. The summed E-state index contributed by atoms with van der Waals surface area (Å²) in [5.41, 5.74) is 7.31. The smallest absolute Gasteiger partial charge is 0.335 e. The van der Waals surface area contributed by atoms with E-state index in [1.807, 2.05) is 0 Å². The Hall–Kier alpha value is -1.71. The zero-order chi connectivity index (χ0) is 13.1. The molecule has 94 valence electrons. The van der Waals surface area contributed by atoms with Gasteiger partial charge in [0.15, 0.2) is 0 Å². The minimum Gasteiger partial charge on any atom is -0.478 e. The molecular formula is C13H20N2O2. The standard InChI is InChI=1S/C13H20N2O2/c1-4-13(3,5-2)15-11-7-6-9(12(16)17)8-10(11)14/h6-8,15H,4-5,14H2,1-3H3,(H,16,17). The van der Waals surface area contributed by atoms with E-state index in [1.54, 1.807) is 12.1 Å². The number of carbonyl (C=O) groups is 1. The normalized spacial score (nSPS) is 11.2. The molecule has 0 aliphatic carbocycles. The number of anilines is 2. The molecule has 0 bridgehead atoms. The first-order valence-corrected chi connectivity index (χ1v) is 5.83. The molecule has 0 aliphatic heterocycles. The molecule has 0 aliphatic rings. The van der Waals surface area contributed by atoms with Gasteiger partial charge in [-0.1, -0.05) is 13.8 Å². The molecule has 0 saturated carbocycles. The third-order valence-corrected chi connectivity index (χ3v) is 3.30. The first kappa shape index (κ1) is 13.4. The van der Waals surface area contributed by atoms with Crippen LogP contribution in [0.4, 0.5) is 11.4 Å². The van der Waals surface area contributed by atoms with Crippen LogP contribution in [-0.2, 0) is 0 Å². The second kappa shape index (κ2) is 5.08. The van der Waals surface area contributed by atoms with E-state index in [0.717, 1.165) is 18.5 Å². The Bertz CT molecular complexity index is 412. The van der Waals surface area contributed by atoms with Gasteiger partial charge in [-0.3, -0.25) is 0 Å². The Balaban J connectivity index is 2.97. The number of hydrogen-bond acceptors (Lipinski definition) is 3. The van der Waals surface area contributed by atoms with Crippen molar-refractivity contribution in [3.05, 3.63) is 23.8 Å². The van der Waals surface area contributed by atoms with Crippen molar-refractivity contribution in [1.29, 1.82) is 0 Å². The number of hydrogen-bond donors (Lipinski definition) is 3. The highest BCUT2D eigenvalue weighted by atomic mass is 16.4. The third kappa shape index (κ3) is 3.12. The van der Waals surface area contributed by atoms with Crippen LogP contribution in [0.25, 0.3) is 0 Å². The number of carboxylic acids is 1. The summed E-state index contributed by atoms with van der Waals surface area (Å²) in [6.07, 6.45) is 1.95.